The number of rotatable bonds is 6. The predicted molar refractivity (Wildman–Crippen MR) is 113 cm³/mol. The highest BCUT2D eigenvalue weighted by molar-refractivity contribution is 6.30. The Morgan fingerprint density at radius 1 is 1.23 bits per heavy atom. The highest BCUT2D eigenvalue weighted by Gasteiger charge is 2.16. The highest BCUT2D eigenvalue weighted by Crippen LogP contribution is 2.32. The standard InChI is InChI=1S/C21H21ClN4O4/c1-11-17(30-3)9-8-15-19(11)20(13-4-6-14(22)7-5-13)23-16(10-18(28)29)21(24-15)26-25-12(2)27/h4-9,12,25,27H,10H2,1-3H3,(H,28,29). The van der Waals surface area contributed by atoms with Crippen LogP contribution in [0.25, 0.3) is 22.2 Å². The fourth-order valence-corrected chi connectivity index (χ4v) is 3.16. The first-order valence-electron chi connectivity index (χ1n) is 9.13. The lowest BCUT2D eigenvalue weighted by Gasteiger charge is -2.09. The van der Waals surface area contributed by atoms with Crippen molar-refractivity contribution < 1.29 is 19.7 Å². The van der Waals surface area contributed by atoms with Gasteiger partial charge in [-0.3, -0.25) is 10.2 Å². The van der Waals surface area contributed by atoms with E-state index in [-0.39, 0.29) is 11.2 Å². The first kappa shape index (κ1) is 21.5. The first-order valence-corrected chi connectivity index (χ1v) is 9.51. The summed E-state index contributed by atoms with van der Waals surface area (Å²) in [6.07, 6.45) is -1.34. The van der Waals surface area contributed by atoms with Gasteiger partial charge >= 0.3 is 5.97 Å². The Hall–Kier alpha value is -3.23. The van der Waals surface area contributed by atoms with Gasteiger partial charge < -0.3 is 14.9 Å². The molecule has 0 spiro atoms. The van der Waals surface area contributed by atoms with Crippen molar-refractivity contribution in [2.45, 2.75) is 26.5 Å². The molecule has 0 saturated carbocycles. The quantitative estimate of drug-likeness (QED) is 0.408. The molecule has 9 heteroatoms. The van der Waals surface area contributed by atoms with Crippen LogP contribution in [0.4, 0.5) is 0 Å². The van der Waals surface area contributed by atoms with E-state index in [9.17, 15) is 15.0 Å². The van der Waals surface area contributed by atoms with Crippen molar-refractivity contribution in [1.29, 1.82) is 0 Å². The Kier molecular flexibility index (Phi) is 6.49. The van der Waals surface area contributed by atoms with Gasteiger partial charge in [0.05, 0.1) is 30.4 Å². The zero-order valence-corrected chi connectivity index (χ0v) is 17.4. The average Bonchev–Trinajstić information content (AvgIpc) is 2.84. The van der Waals surface area contributed by atoms with E-state index >= 15 is 0 Å². The molecule has 3 rings (SSSR count). The molecule has 0 aliphatic rings. The van der Waals surface area contributed by atoms with E-state index in [0.29, 0.717) is 27.4 Å². The van der Waals surface area contributed by atoms with Gasteiger partial charge in [0.1, 0.15) is 12.0 Å². The second kappa shape index (κ2) is 9.06. The SMILES string of the molecule is COc1ccc2nc(=NNC(C)O)c(CC(=O)O)nc(-c3ccc(Cl)cc3)c2c1C. The molecule has 1 heterocycles. The van der Waals surface area contributed by atoms with Gasteiger partial charge in [0.15, 0.2) is 5.49 Å². The molecule has 30 heavy (non-hydrogen) atoms. The number of aliphatic hydroxyl groups excluding tert-OH is 1. The van der Waals surface area contributed by atoms with E-state index < -0.39 is 18.6 Å². The van der Waals surface area contributed by atoms with Gasteiger partial charge in [0, 0.05) is 21.5 Å². The molecule has 3 aromatic rings. The summed E-state index contributed by atoms with van der Waals surface area (Å²) in [5.74, 6) is -0.433. The van der Waals surface area contributed by atoms with Gasteiger partial charge in [0.2, 0.25) is 0 Å². The van der Waals surface area contributed by atoms with Crippen molar-refractivity contribution in [2.75, 3.05) is 7.11 Å². The molecule has 1 atom stereocenters. The van der Waals surface area contributed by atoms with E-state index in [4.69, 9.17) is 16.3 Å². The highest BCUT2D eigenvalue weighted by atomic mass is 35.5. The normalized spacial score (nSPS) is 12.6. The van der Waals surface area contributed by atoms with Crippen molar-refractivity contribution in [2.24, 2.45) is 5.10 Å². The van der Waals surface area contributed by atoms with E-state index in [0.717, 1.165) is 11.1 Å². The van der Waals surface area contributed by atoms with Crippen molar-refractivity contribution in [3.8, 4) is 17.0 Å². The second-order valence-electron chi connectivity index (χ2n) is 6.62. The number of aryl methyl sites for hydroxylation is 1. The predicted octanol–water partition coefficient (Wildman–Crippen LogP) is 2.64. The number of methoxy groups -OCH3 is 1. The number of benzene rings is 2. The molecule has 2 aromatic carbocycles. The monoisotopic (exact) mass is 428 g/mol. The number of carbonyl (C=O) groups is 1. The van der Waals surface area contributed by atoms with Crippen LogP contribution in [0, 0.1) is 6.92 Å². The van der Waals surface area contributed by atoms with Crippen LogP contribution in [0.15, 0.2) is 41.5 Å². The van der Waals surface area contributed by atoms with Crippen molar-refractivity contribution in [3.05, 3.63) is 58.2 Å². The molecule has 8 nitrogen and oxygen atoms in total. The first-order chi connectivity index (χ1) is 14.3. The van der Waals surface area contributed by atoms with E-state index in [1.807, 2.05) is 6.92 Å². The molecule has 0 fully saturated rings. The van der Waals surface area contributed by atoms with Crippen molar-refractivity contribution in [3.63, 3.8) is 0 Å². The van der Waals surface area contributed by atoms with Gasteiger partial charge in [-0.15, -0.1) is 0 Å². The summed E-state index contributed by atoms with van der Waals surface area (Å²) in [5, 5.41) is 24.3. The third-order valence-electron chi connectivity index (χ3n) is 4.37. The minimum atomic E-state index is -1.08. The van der Waals surface area contributed by atoms with E-state index in [1.54, 1.807) is 43.5 Å². The lowest BCUT2D eigenvalue weighted by molar-refractivity contribution is -0.136. The Balaban J connectivity index is 2.48. The topological polar surface area (TPSA) is 117 Å². The Morgan fingerprint density at radius 2 is 1.93 bits per heavy atom. The molecular weight excluding hydrogens is 408 g/mol. The molecule has 0 amide bonds. The maximum Gasteiger partial charge on any atom is 0.309 e. The summed E-state index contributed by atoms with van der Waals surface area (Å²) in [7, 11) is 1.57. The lowest BCUT2D eigenvalue weighted by atomic mass is 10.0. The van der Waals surface area contributed by atoms with Gasteiger partial charge in [-0.1, -0.05) is 23.7 Å². The molecule has 3 N–H and O–H groups in total. The number of carboxylic acids is 1. The van der Waals surface area contributed by atoms with Crippen LogP contribution in [0.2, 0.25) is 5.02 Å². The Bertz CT molecular complexity index is 1160. The largest absolute Gasteiger partial charge is 0.496 e. The lowest BCUT2D eigenvalue weighted by Crippen LogP contribution is -2.26. The maximum atomic E-state index is 11.5. The zero-order chi connectivity index (χ0) is 21.8. The second-order valence-corrected chi connectivity index (χ2v) is 7.06. The van der Waals surface area contributed by atoms with Crippen LogP contribution in [0.5, 0.6) is 5.75 Å². The van der Waals surface area contributed by atoms with Crippen LogP contribution in [0.3, 0.4) is 0 Å². The van der Waals surface area contributed by atoms with Crippen LogP contribution in [-0.4, -0.2) is 39.5 Å². The number of nitrogens with one attached hydrogen (secondary N) is 1. The smallest absolute Gasteiger partial charge is 0.309 e. The number of aliphatic hydroxyl groups is 1. The van der Waals surface area contributed by atoms with Gasteiger partial charge in [0.25, 0.3) is 0 Å². The molecular formula is C21H21ClN4O4. The van der Waals surface area contributed by atoms with E-state index in [2.05, 4.69) is 20.5 Å². The van der Waals surface area contributed by atoms with Crippen LogP contribution < -0.4 is 15.7 Å². The summed E-state index contributed by atoms with van der Waals surface area (Å²) < 4.78 is 5.46. The number of nitrogens with zero attached hydrogens (tertiary/aromatic N) is 3. The molecule has 0 saturated heterocycles. The van der Waals surface area contributed by atoms with E-state index in [1.165, 1.54) is 6.92 Å². The van der Waals surface area contributed by atoms with Crippen molar-refractivity contribution in [1.82, 2.24) is 15.4 Å². The van der Waals surface area contributed by atoms with Gasteiger partial charge in [-0.25, -0.2) is 9.97 Å². The summed E-state index contributed by atoms with van der Waals surface area (Å²) in [4.78, 5) is 20.7. The fraction of sp³-hybridized carbons (Fsp3) is 0.238. The summed E-state index contributed by atoms with van der Waals surface area (Å²) in [6, 6.07) is 10.6. The molecule has 156 valence electrons. The summed E-state index contributed by atoms with van der Waals surface area (Å²) in [5.41, 5.74) is 5.34. The van der Waals surface area contributed by atoms with Crippen LogP contribution in [0.1, 0.15) is 18.2 Å². The summed E-state index contributed by atoms with van der Waals surface area (Å²) in [6.45, 7) is 3.37. The number of ether oxygens (including phenoxy) is 1. The fourth-order valence-electron chi connectivity index (χ4n) is 3.03. The van der Waals surface area contributed by atoms with Gasteiger partial charge in [-0.05, 0) is 38.1 Å². The Morgan fingerprint density at radius 3 is 2.53 bits per heavy atom. The molecule has 0 aliphatic carbocycles. The third-order valence-corrected chi connectivity index (χ3v) is 4.63. The van der Waals surface area contributed by atoms with Gasteiger partial charge in [-0.2, -0.15) is 5.10 Å². The van der Waals surface area contributed by atoms with Crippen molar-refractivity contribution >= 4 is 28.5 Å². The minimum Gasteiger partial charge on any atom is -0.496 e. The van der Waals surface area contributed by atoms with Crippen LogP contribution in [-0.2, 0) is 11.2 Å². The number of carboxylic acid groups (broad SMARTS) is 1. The van der Waals surface area contributed by atoms with Crippen LogP contribution >= 0.6 is 11.6 Å². The average molecular weight is 429 g/mol. The minimum absolute atomic E-state index is 0.0769. The number of aliphatic carboxylic acids is 1. The third kappa shape index (κ3) is 4.67. The number of fused-ring (bicyclic) bond motifs is 1. The zero-order valence-electron chi connectivity index (χ0n) is 16.7. The molecule has 1 unspecified atom stereocenters. The molecule has 0 radical (unpaired) electrons. The number of halogens is 1. The summed E-state index contributed by atoms with van der Waals surface area (Å²) >= 11 is 6.04. The maximum absolute atomic E-state index is 11.5. The molecule has 1 aromatic heterocycles. The molecule has 0 bridgehead atoms. The number of aromatic nitrogens is 2. The number of hydrogen-bond donors (Lipinski definition) is 3. The Labute approximate surface area is 177 Å². The molecule has 0 aliphatic heterocycles. The number of hydrogen-bond acceptors (Lipinski definition) is 7.